The Balaban J connectivity index is 1.63. The van der Waals surface area contributed by atoms with Gasteiger partial charge in [0.1, 0.15) is 27.3 Å². The first kappa shape index (κ1) is 19.8. The predicted octanol–water partition coefficient (Wildman–Crippen LogP) is 1.54. The highest BCUT2D eigenvalue weighted by Gasteiger charge is 2.30. The number of carbonyl (C=O) groups is 1. The van der Waals surface area contributed by atoms with Crippen molar-refractivity contribution in [3.63, 3.8) is 0 Å². The molecule has 1 amide bonds. The predicted molar refractivity (Wildman–Crippen MR) is 120 cm³/mol. The largest absolute Gasteiger partial charge is 0.331 e. The average molecular weight is 399 g/mol. The number of amides is 1. The maximum absolute atomic E-state index is 13.2. The van der Waals surface area contributed by atoms with E-state index in [0.717, 1.165) is 28.0 Å². The third-order valence-electron chi connectivity index (χ3n) is 5.48. The number of rotatable bonds is 4. The lowest BCUT2D eigenvalue weighted by atomic mass is 9.50. The summed E-state index contributed by atoms with van der Waals surface area (Å²) in [5.74, 6) is 0.700. The molecule has 4 aromatic rings. The molecule has 6 nitrogen and oxygen atoms in total. The van der Waals surface area contributed by atoms with Gasteiger partial charge in [-0.1, -0.05) is 18.2 Å². The zero-order valence-electron chi connectivity index (χ0n) is 17.3. The Labute approximate surface area is 175 Å². The Bertz CT molecular complexity index is 1250. The average Bonchev–Trinajstić information content (AvgIpc) is 3.06. The number of halogens is 1. The second-order valence-electron chi connectivity index (χ2n) is 7.84. The number of nitrogens with zero attached hydrogens (tertiary/aromatic N) is 4. The number of anilines is 1. The second-order valence-corrected chi connectivity index (χ2v) is 7.84. The highest BCUT2D eigenvalue weighted by atomic mass is 19.1. The van der Waals surface area contributed by atoms with Crippen molar-refractivity contribution in [2.24, 2.45) is 7.05 Å². The van der Waals surface area contributed by atoms with Crippen LogP contribution >= 0.6 is 0 Å². The van der Waals surface area contributed by atoms with E-state index in [1.165, 1.54) is 12.1 Å². The van der Waals surface area contributed by atoms with Crippen molar-refractivity contribution in [1.29, 1.82) is 0 Å². The van der Waals surface area contributed by atoms with Gasteiger partial charge in [0.2, 0.25) is 5.91 Å². The maximum atomic E-state index is 13.2. The van der Waals surface area contributed by atoms with Gasteiger partial charge >= 0.3 is 0 Å². The normalized spacial score (nSPS) is 11.6. The van der Waals surface area contributed by atoms with Crippen LogP contribution in [0.15, 0.2) is 54.7 Å². The van der Waals surface area contributed by atoms with E-state index in [9.17, 15) is 9.18 Å². The number of aryl methyl sites for hydroxylation is 1. The Morgan fingerprint density at radius 1 is 1.10 bits per heavy atom. The molecule has 0 saturated heterocycles. The van der Waals surface area contributed by atoms with Gasteiger partial charge in [0, 0.05) is 23.2 Å². The molecule has 9 heteroatoms. The number of hydrogen-bond acceptors (Lipinski definition) is 4. The molecule has 0 aliphatic rings. The van der Waals surface area contributed by atoms with Crippen molar-refractivity contribution in [3.8, 4) is 11.3 Å². The molecule has 0 fully saturated rings. The van der Waals surface area contributed by atoms with Crippen LogP contribution in [0, 0.1) is 12.7 Å². The summed E-state index contributed by atoms with van der Waals surface area (Å²) in [5, 5.41) is 11.2. The van der Waals surface area contributed by atoms with Gasteiger partial charge in [-0.05, 0) is 42.8 Å². The lowest BCUT2D eigenvalue weighted by Gasteiger charge is -2.24. The van der Waals surface area contributed by atoms with Crippen LogP contribution < -0.4 is 5.32 Å². The highest BCUT2D eigenvalue weighted by molar-refractivity contribution is 6.52. The molecule has 0 aliphatic carbocycles. The van der Waals surface area contributed by atoms with E-state index in [4.69, 9.17) is 0 Å². The molecule has 0 atom stereocenters. The fourth-order valence-corrected chi connectivity index (χ4v) is 3.31. The van der Waals surface area contributed by atoms with Crippen molar-refractivity contribution < 1.29 is 9.18 Å². The van der Waals surface area contributed by atoms with Crippen molar-refractivity contribution in [2.45, 2.75) is 12.1 Å². The van der Waals surface area contributed by atoms with E-state index in [2.05, 4.69) is 20.5 Å². The number of carbonyl (C=O) groups excluding carboxylic acids is 1. The monoisotopic (exact) mass is 399 g/mol. The molecular weight excluding hydrogens is 379 g/mol. The van der Waals surface area contributed by atoms with Crippen LogP contribution in [0.5, 0.6) is 0 Å². The molecule has 0 saturated carbocycles. The summed E-state index contributed by atoms with van der Waals surface area (Å²) < 4.78 is 15.2. The summed E-state index contributed by atoms with van der Waals surface area (Å²) in [5.41, 5.74) is 3.44. The van der Waals surface area contributed by atoms with Crippen LogP contribution in [0.3, 0.4) is 0 Å². The number of benzene rings is 2. The fourth-order valence-electron chi connectivity index (χ4n) is 3.31. The van der Waals surface area contributed by atoms with Crippen LogP contribution in [0.1, 0.15) is 11.4 Å². The van der Waals surface area contributed by atoms with Crippen LogP contribution in [-0.2, 0) is 17.1 Å². The molecule has 30 heavy (non-hydrogen) atoms. The number of nitrogens with one attached hydrogen (secondary N) is 1. The van der Waals surface area contributed by atoms with Crippen LogP contribution in [-0.4, -0.2) is 41.3 Å². The minimum Gasteiger partial charge on any atom is -0.331 e. The topological polar surface area (TPSA) is 72.7 Å². The van der Waals surface area contributed by atoms with E-state index in [0.29, 0.717) is 11.4 Å². The standard InChI is InChI=1S/C21H20B2FN5O/c1-12-25-11-18(29(12)2)13-3-8-17-14(9-13)10-19(28-27-17)26-20(30)21(22,23)15-4-6-16(24)7-5-15/h3-11H,22-23H2,1-2H3,(H,26,28,30). The summed E-state index contributed by atoms with van der Waals surface area (Å²) >= 11 is 0. The first-order valence-corrected chi connectivity index (χ1v) is 9.59. The van der Waals surface area contributed by atoms with Gasteiger partial charge in [0.05, 0.1) is 17.4 Å². The van der Waals surface area contributed by atoms with E-state index in [1.807, 2.05) is 42.9 Å². The van der Waals surface area contributed by atoms with E-state index < -0.39 is 5.21 Å². The van der Waals surface area contributed by atoms with Gasteiger partial charge in [-0.2, -0.15) is 0 Å². The van der Waals surface area contributed by atoms with Gasteiger partial charge < -0.3 is 9.88 Å². The molecule has 2 aromatic heterocycles. The summed E-state index contributed by atoms with van der Waals surface area (Å²) in [7, 11) is 5.54. The molecule has 1 N–H and O–H groups in total. The van der Waals surface area contributed by atoms with E-state index >= 15 is 0 Å². The molecule has 148 valence electrons. The Hall–Kier alpha value is -3.48. The quantitative estimate of drug-likeness (QED) is 0.529. The van der Waals surface area contributed by atoms with E-state index in [1.54, 1.807) is 33.9 Å². The van der Waals surface area contributed by atoms with Crippen molar-refractivity contribution >= 4 is 38.3 Å². The van der Waals surface area contributed by atoms with Crippen LogP contribution in [0.2, 0.25) is 0 Å². The molecule has 2 aromatic carbocycles. The van der Waals surface area contributed by atoms with Gasteiger partial charge in [-0.3, -0.25) is 4.79 Å². The lowest BCUT2D eigenvalue weighted by molar-refractivity contribution is -0.117. The first-order valence-electron chi connectivity index (χ1n) is 9.59. The van der Waals surface area contributed by atoms with Crippen LogP contribution in [0.4, 0.5) is 10.2 Å². The summed E-state index contributed by atoms with van der Waals surface area (Å²) in [6.45, 7) is 1.95. The van der Waals surface area contributed by atoms with Crippen LogP contribution in [0.25, 0.3) is 22.2 Å². The molecule has 0 unspecified atom stereocenters. The van der Waals surface area contributed by atoms with E-state index in [-0.39, 0.29) is 11.7 Å². The molecular formula is C21H20B2FN5O. The second kappa shape index (κ2) is 7.40. The molecule has 0 radical (unpaired) electrons. The summed E-state index contributed by atoms with van der Waals surface area (Å²) in [6.07, 6.45) is 1.83. The first-order chi connectivity index (χ1) is 14.3. The Kier molecular flexibility index (Phi) is 4.89. The highest BCUT2D eigenvalue weighted by Crippen LogP contribution is 2.25. The zero-order chi connectivity index (χ0) is 21.5. The maximum Gasteiger partial charge on any atom is 0.220 e. The lowest BCUT2D eigenvalue weighted by Crippen LogP contribution is -2.41. The smallest absolute Gasteiger partial charge is 0.220 e. The Morgan fingerprint density at radius 2 is 1.83 bits per heavy atom. The minimum absolute atomic E-state index is 0.249. The third kappa shape index (κ3) is 3.58. The third-order valence-corrected chi connectivity index (χ3v) is 5.48. The summed E-state index contributed by atoms with van der Waals surface area (Å²) in [4.78, 5) is 17.3. The van der Waals surface area contributed by atoms with Gasteiger partial charge in [-0.25, -0.2) is 9.37 Å². The van der Waals surface area contributed by atoms with Gasteiger partial charge in [-0.15, -0.1) is 10.2 Å². The SMILES string of the molecule is BC(B)(C(=O)Nc1cc2cc(-c3cnc(C)n3C)ccc2nn1)c1ccc(F)cc1. The van der Waals surface area contributed by atoms with Crippen molar-refractivity contribution in [3.05, 3.63) is 71.9 Å². The Morgan fingerprint density at radius 3 is 2.50 bits per heavy atom. The molecule has 2 heterocycles. The molecule has 0 bridgehead atoms. The van der Waals surface area contributed by atoms with Gasteiger partial charge in [0.25, 0.3) is 0 Å². The fraction of sp³-hybridized carbons (Fsp3) is 0.143. The number of imidazole rings is 1. The number of aromatic nitrogens is 4. The zero-order valence-corrected chi connectivity index (χ0v) is 17.3. The number of hydrogen-bond donors (Lipinski definition) is 1. The van der Waals surface area contributed by atoms with Gasteiger partial charge in [0.15, 0.2) is 5.82 Å². The van der Waals surface area contributed by atoms with Crippen molar-refractivity contribution in [2.75, 3.05) is 5.32 Å². The molecule has 0 spiro atoms. The molecule has 0 aliphatic heterocycles. The minimum atomic E-state index is -0.863. The summed E-state index contributed by atoms with van der Waals surface area (Å²) in [6, 6.07) is 13.6. The number of fused-ring (bicyclic) bond motifs is 1. The molecule has 4 rings (SSSR count). The van der Waals surface area contributed by atoms with Crippen molar-refractivity contribution in [1.82, 2.24) is 19.7 Å².